The highest BCUT2D eigenvalue weighted by atomic mass is 32.2. The van der Waals surface area contributed by atoms with Gasteiger partial charge in [0.2, 0.25) is 10.0 Å². The van der Waals surface area contributed by atoms with Gasteiger partial charge in [0.1, 0.15) is 6.04 Å². The summed E-state index contributed by atoms with van der Waals surface area (Å²) >= 11 is 0. The minimum Gasteiger partial charge on any atom is -0.480 e. The molecular weight excluding hydrogens is 284 g/mol. The largest absolute Gasteiger partial charge is 0.480 e. The Morgan fingerprint density at radius 3 is 2.70 bits per heavy atom. The van der Waals surface area contributed by atoms with E-state index in [9.17, 15) is 13.2 Å². The van der Waals surface area contributed by atoms with E-state index in [-0.39, 0.29) is 4.90 Å². The third-order valence-electron chi connectivity index (χ3n) is 2.67. The number of aromatic nitrogens is 1. The minimum absolute atomic E-state index is 0.0807. The molecule has 106 valence electrons. The predicted molar refractivity (Wildman–Crippen MR) is 70.6 cm³/mol. The van der Waals surface area contributed by atoms with Crippen molar-refractivity contribution in [2.45, 2.75) is 10.9 Å². The van der Waals surface area contributed by atoms with Gasteiger partial charge >= 0.3 is 5.97 Å². The van der Waals surface area contributed by atoms with E-state index in [0.29, 0.717) is 10.9 Å². The number of aliphatic hydroxyl groups is 1. The lowest BCUT2D eigenvalue weighted by Crippen LogP contribution is -2.43. The number of rotatable bonds is 5. The van der Waals surface area contributed by atoms with Crippen molar-refractivity contribution in [2.24, 2.45) is 0 Å². The standard InChI is InChI=1S/C12H12N2O5S/c15-7-10(12(16)17)14-20(18,19)11-5-1-4-9-8(11)3-2-6-13-9/h1-6,10,14-15H,7H2,(H,16,17). The third kappa shape index (κ3) is 2.77. The maximum atomic E-state index is 12.2. The molecule has 1 aromatic heterocycles. The van der Waals surface area contributed by atoms with Gasteiger partial charge in [-0.3, -0.25) is 9.78 Å². The van der Waals surface area contributed by atoms with Crippen LogP contribution in [0.2, 0.25) is 0 Å². The Kier molecular flexibility index (Phi) is 3.98. The van der Waals surface area contributed by atoms with Gasteiger partial charge in [-0.25, -0.2) is 8.42 Å². The monoisotopic (exact) mass is 296 g/mol. The number of carboxylic acid groups (broad SMARTS) is 1. The molecule has 7 nitrogen and oxygen atoms in total. The van der Waals surface area contributed by atoms with Crippen molar-refractivity contribution in [3.63, 3.8) is 0 Å². The zero-order chi connectivity index (χ0) is 14.8. The highest BCUT2D eigenvalue weighted by molar-refractivity contribution is 7.89. The predicted octanol–water partition coefficient (Wildman–Crippen LogP) is -0.0414. The number of carbonyl (C=O) groups is 1. The van der Waals surface area contributed by atoms with Crippen LogP contribution in [0.15, 0.2) is 41.4 Å². The van der Waals surface area contributed by atoms with Gasteiger partial charge in [-0.05, 0) is 24.3 Å². The molecule has 0 spiro atoms. The molecule has 0 bridgehead atoms. The molecule has 0 radical (unpaired) electrons. The molecule has 0 aliphatic rings. The van der Waals surface area contributed by atoms with Gasteiger partial charge in [-0.1, -0.05) is 6.07 Å². The van der Waals surface area contributed by atoms with Crippen LogP contribution < -0.4 is 4.72 Å². The lowest BCUT2D eigenvalue weighted by Gasteiger charge is -2.13. The van der Waals surface area contributed by atoms with E-state index in [1.165, 1.54) is 18.3 Å². The Morgan fingerprint density at radius 2 is 2.05 bits per heavy atom. The van der Waals surface area contributed by atoms with Gasteiger partial charge < -0.3 is 10.2 Å². The lowest BCUT2D eigenvalue weighted by molar-refractivity contribution is -0.139. The third-order valence-corrected chi connectivity index (χ3v) is 4.20. The first-order valence-corrected chi connectivity index (χ1v) is 7.14. The molecule has 0 aliphatic heterocycles. The molecule has 0 saturated heterocycles. The Morgan fingerprint density at radius 1 is 1.30 bits per heavy atom. The Bertz CT molecular complexity index is 739. The smallest absolute Gasteiger partial charge is 0.324 e. The van der Waals surface area contributed by atoms with Gasteiger partial charge in [0.25, 0.3) is 0 Å². The second-order valence-electron chi connectivity index (χ2n) is 4.02. The van der Waals surface area contributed by atoms with Crippen LogP contribution in [0.1, 0.15) is 0 Å². The minimum atomic E-state index is -4.07. The molecule has 20 heavy (non-hydrogen) atoms. The average Bonchev–Trinajstić information content (AvgIpc) is 2.43. The van der Waals surface area contributed by atoms with Gasteiger partial charge in [-0.2, -0.15) is 4.72 Å². The first kappa shape index (κ1) is 14.4. The molecular formula is C12H12N2O5S. The highest BCUT2D eigenvalue weighted by Gasteiger charge is 2.25. The molecule has 8 heteroatoms. The zero-order valence-electron chi connectivity index (χ0n) is 10.2. The summed E-state index contributed by atoms with van der Waals surface area (Å²) in [5.41, 5.74) is 0.478. The Hall–Kier alpha value is -2.03. The second kappa shape index (κ2) is 5.53. The van der Waals surface area contributed by atoms with Crippen LogP contribution >= 0.6 is 0 Å². The van der Waals surface area contributed by atoms with Gasteiger partial charge in [0, 0.05) is 11.6 Å². The van der Waals surface area contributed by atoms with Crippen molar-refractivity contribution in [1.29, 1.82) is 0 Å². The fraction of sp³-hybridized carbons (Fsp3) is 0.167. The van der Waals surface area contributed by atoms with Crippen LogP contribution in [0.4, 0.5) is 0 Å². The van der Waals surface area contributed by atoms with Crippen LogP contribution in [0.5, 0.6) is 0 Å². The summed E-state index contributed by atoms with van der Waals surface area (Å²) in [6, 6.07) is 6.08. The van der Waals surface area contributed by atoms with E-state index >= 15 is 0 Å². The number of fused-ring (bicyclic) bond motifs is 1. The zero-order valence-corrected chi connectivity index (χ0v) is 11.0. The van der Waals surface area contributed by atoms with Crippen molar-refractivity contribution in [3.05, 3.63) is 36.5 Å². The first-order valence-electron chi connectivity index (χ1n) is 5.65. The molecule has 2 aromatic rings. The maximum Gasteiger partial charge on any atom is 0.324 e. The number of aliphatic hydroxyl groups excluding tert-OH is 1. The summed E-state index contributed by atoms with van der Waals surface area (Å²) < 4.78 is 26.4. The lowest BCUT2D eigenvalue weighted by atomic mass is 10.2. The number of hydrogen-bond donors (Lipinski definition) is 3. The normalized spacial score (nSPS) is 13.2. The summed E-state index contributed by atoms with van der Waals surface area (Å²) in [5, 5.41) is 18.1. The van der Waals surface area contributed by atoms with Crippen LogP contribution in [-0.4, -0.2) is 42.2 Å². The van der Waals surface area contributed by atoms with E-state index in [1.54, 1.807) is 18.2 Å². The number of nitrogens with one attached hydrogen (secondary N) is 1. The fourth-order valence-corrected chi connectivity index (χ4v) is 3.12. The quantitative estimate of drug-likeness (QED) is 0.712. The molecule has 2 rings (SSSR count). The number of hydrogen-bond acceptors (Lipinski definition) is 5. The molecule has 0 aliphatic carbocycles. The van der Waals surface area contributed by atoms with Crippen molar-refractivity contribution in [2.75, 3.05) is 6.61 Å². The van der Waals surface area contributed by atoms with E-state index < -0.39 is 28.6 Å². The number of sulfonamides is 1. The number of aliphatic carboxylic acids is 1. The molecule has 3 N–H and O–H groups in total. The summed E-state index contributed by atoms with van der Waals surface area (Å²) in [5.74, 6) is -1.45. The van der Waals surface area contributed by atoms with Crippen LogP contribution in [0.3, 0.4) is 0 Å². The van der Waals surface area contributed by atoms with E-state index in [2.05, 4.69) is 4.98 Å². The summed E-state index contributed by atoms with van der Waals surface area (Å²) in [6.45, 7) is -0.836. The summed E-state index contributed by atoms with van der Waals surface area (Å²) in [6.07, 6.45) is 1.53. The topological polar surface area (TPSA) is 117 Å². The average molecular weight is 296 g/mol. The van der Waals surface area contributed by atoms with E-state index in [4.69, 9.17) is 10.2 Å². The molecule has 0 fully saturated rings. The van der Waals surface area contributed by atoms with Crippen LogP contribution in [-0.2, 0) is 14.8 Å². The Labute approximate surface area is 114 Å². The number of pyridine rings is 1. The van der Waals surface area contributed by atoms with Crippen molar-refractivity contribution in [3.8, 4) is 0 Å². The van der Waals surface area contributed by atoms with Crippen molar-refractivity contribution in [1.82, 2.24) is 9.71 Å². The van der Waals surface area contributed by atoms with Gasteiger partial charge in [0.05, 0.1) is 17.0 Å². The first-order chi connectivity index (χ1) is 9.45. The van der Waals surface area contributed by atoms with Crippen molar-refractivity contribution >= 4 is 26.9 Å². The fourth-order valence-electron chi connectivity index (χ4n) is 1.73. The van der Waals surface area contributed by atoms with Crippen LogP contribution in [0.25, 0.3) is 10.9 Å². The summed E-state index contributed by atoms with van der Waals surface area (Å²) in [4.78, 5) is 14.8. The molecule has 1 unspecified atom stereocenters. The van der Waals surface area contributed by atoms with E-state index in [0.717, 1.165) is 0 Å². The SMILES string of the molecule is O=C(O)C(CO)NS(=O)(=O)c1cccc2ncccc12. The highest BCUT2D eigenvalue weighted by Crippen LogP contribution is 2.21. The Balaban J connectivity index is 2.50. The van der Waals surface area contributed by atoms with Crippen LogP contribution in [0, 0.1) is 0 Å². The van der Waals surface area contributed by atoms with Gasteiger partial charge in [0.15, 0.2) is 0 Å². The number of nitrogens with zero attached hydrogens (tertiary/aromatic N) is 1. The van der Waals surface area contributed by atoms with Gasteiger partial charge in [-0.15, -0.1) is 0 Å². The molecule has 0 amide bonds. The molecule has 1 atom stereocenters. The number of carboxylic acids is 1. The number of benzene rings is 1. The molecule has 0 saturated carbocycles. The van der Waals surface area contributed by atoms with Crippen molar-refractivity contribution < 1.29 is 23.4 Å². The molecule has 1 heterocycles. The maximum absolute atomic E-state index is 12.2. The summed E-state index contributed by atoms with van der Waals surface area (Å²) in [7, 11) is -4.07. The van der Waals surface area contributed by atoms with E-state index in [1.807, 2.05) is 4.72 Å². The second-order valence-corrected chi connectivity index (χ2v) is 5.70. The molecule has 1 aromatic carbocycles.